The molecule has 1 amide bonds. The van der Waals surface area contributed by atoms with Gasteiger partial charge in [-0.2, -0.15) is 4.98 Å². The maximum atomic E-state index is 14.0. The van der Waals surface area contributed by atoms with E-state index in [9.17, 15) is 9.18 Å². The highest BCUT2D eigenvalue weighted by molar-refractivity contribution is 6.31. The zero-order valence-corrected chi connectivity index (χ0v) is 15.2. The van der Waals surface area contributed by atoms with Crippen LogP contribution in [0.5, 0.6) is 0 Å². The first-order valence-electron chi connectivity index (χ1n) is 8.51. The second-order valence-corrected chi connectivity index (χ2v) is 7.05. The lowest BCUT2D eigenvalue weighted by Gasteiger charge is -2.16. The van der Waals surface area contributed by atoms with Crippen LogP contribution in [0.3, 0.4) is 0 Å². The van der Waals surface area contributed by atoms with Gasteiger partial charge >= 0.3 is 0 Å². The van der Waals surface area contributed by atoms with Crippen LogP contribution >= 0.6 is 11.6 Å². The number of aromatic nitrogens is 3. The molecule has 0 spiro atoms. The summed E-state index contributed by atoms with van der Waals surface area (Å²) < 4.78 is 19.5. The van der Waals surface area contributed by atoms with E-state index in [1.165, 1.54) is 18.2 Å². The number of hydrogen-bond donors (Lipinski definition) is 0. The molecule has 0 bridgehead atoms. The van der Waals surface area contributed by atoms with Gasteiger partial charge in [-0.1, -0.05) is 23.7 Å². The number of rotatable bonds is 3. The van der Waals surface area contributed by atoms with Crippen molar-refractivity contribution in [2.75, 3.05) is 13.1 Å². The van der Waals surface area contributed by atoms with Crippen molar-refractivity contribution in [1.82, 2.24) is 20.0 Å². The number of carbonyl (C=O) groups excluding carboxylic acids is 1. The van der Waals surface area contributed by atoms with Gasteiger partial charge in [0.05, 0.1) is 11.5 Å². The number of halogens is 2. The molecule has 1 aromatic carbocycles. The molecule has 2 aromatic heterocycles. The molecule has 0 saturated carbocycles. The van der Waals surface area contributed by atoms with Gasteiger partial charge in [0.25, 0.3) is 5.91 Å². The highest BCUT2D eigenvalue weighted by Gasteiger charge is 2.37. The summed E-state index contributed by atoms with van der Waals surface area (Å²) >= 11 is 5.91. The molecule has 4 rings (SSSR count). The molecule has 8 heteroatoms. The number of amides is 1. The van der Waals surface area contributed by atoms with E-state index in [1.54, 1.807) is 29.4 Å². The predicted molar refractivity (Wildman–Crippen MR) is 96.7 cm³/mol. The number of benzene rings is 1. The molecule has 27 heavy (non-hydrogen) atoms. The zero-order valence-electron chi connectivity index (χ0n) is 14.5. The van der Waals surface area contributed by atoms with Gasteiger partial charge < -0.3 is 9.42 Å². The first-order chi connectivity index (χ1) is 13.0. The van der Waals surface area contributed by atoms with Gasteiger partial charge in [-0.25, -0.2) is 4.39 Å². The molecule has 0 aliphatic carbocycles. The number of pyridine rings is 1. The molecule has 0 unspecified atom stereocenters. The van der Waals surface area contributed by atoms with E-state index in [4.69, 9.17) is 16.1 Å². The Morgan fingerprint density at radius 2 is 2.04 bits per heavy atom. The molecule has 3 aromatic rings. The molecule has 6 nitrogen and oxygen atoms in total. The largest absolute Gasteiger partial charge is 0.339 e. The molecule has 0 N–H and O–H groups in total. The quantitative estimate of drug-likeness (QED) is 0.684. The van der Waals surface area contributed by atoms with E-state index in [0.717, 1.165) is 5.56 Å². The summed E-state index contributed by atoms with van der Waals surface area (Å²) in [6.45, 7) is 2.86. The maximum absolute atomic E-state index is 14.0. The van der Waals surface area contributed by atoms with Crippen LogP contribution in [-0.4, -0.2) is 39.0 Å². The summed E-state index contributed by atoms with van der Waals surface area (Å²) in [7, 11) is 0. The summed E-state index contributed by atoms with van der Waals surface area (Å²) in [4.78, 5) is 22.8. The standard InChI is InChI=1S/C19H16ClFN4O2/c1-11-9-25(19(26)14-8-13(20)2-3-16(14)21)10-15(11)18-23-17(24-27-18)12-4-6-22-7-5-12/h2-8,11,15H,9-10H2,1H3/t11-,15-/m0/s1. The van der Waals surface area contributed by atoms with Crippen LogP contribution in [0.1, 0.15) is 29.1 Å². The highest BCUT2D eigenvalue weighted by Crippen LogP contribution is 2.33. The molecular weight excluding hydrogens is 371 g/mol. The number of hydrogen-bond acceptors (Lipinski definition) is 5. The molecule has 138 valence electrons. The molecule has 0 radical (unpaired) electrons. The molecule has 1 aliphatic rings. The Bertz CT molecular complexity index is 979. The third-order valence-corrected chi connectivity index (χ3v) is 4.99. The highest BCUT2D eigenvalue weighted by atomic mass is 35.5. The Morgan fingerprint density at radius 1 is 1.26 bits per heavy atom. The second kappa shape index (κ2) is 7.08. The monoisotopic (exact) mass is 386 g/mol. The van der Waals surface area contributed by atoms with Gasteiger partial charge in [-0.3, -0.25) is 9.78 Å². The Hall–Kier alpha value is -2.80. The first-order valence-corrected chi connectivity index (χ1v) is 8.89. The van der Waals surface area contributed by atoms with Gasteiger partial charge in [0, 0.05) is 36.1 Å². The van der Waals surface area contributed by atoms with Crippen LogP contribution in [0.4, 0.5) is 4.39 Å². The summed E-state index contributed by atoms with van der Waals surface area (Å²) in [6.07, 6.45) is 3.31. The fourth-order valence-electron chi connectivity index (χ4n) is 3.29. The van der Waals surface area contributed by atoms with Gasteiger partial charge in [-0.15, -0.1) is 0 Å². The third-order valence-electron chi connectivity index (χ3n) is 4.76. The summed E-state index contributed by atoms with van der Waals surface area (Å²) in [6, 6.07) is 7.56. The van der Waals surface area contributed by atoms with Crippen molar-refractivity contribution in [2.45, 2.75) is 12.8 Å². The van der Waals surface area contributed by atoms with E-state index < -0.39 is 11.7 Å². The van der Waals surface area contributed by atoms with E-state index in [0.29, 0.717) is 29.8 Å². The summed E-state index contributed by atoms with van der Waals surface area (Å²) in [5.74, 6) is -0.0425. The maximum Gasteiger partial charge on any atom is 0.256 e. The lowest BCUT2D eigenvalue weighted by Crippen LogP contribution is -2.29. The summed E-state index contributed by atoms with van der Waals surface area (Å²) in [5, 5.41) is 4.35. The molecule has 1 saturated heterocycles. The van der Waals surface area contributed by atoms with E-state index in [-0.39, 0.29) is 17.4 Å². The first kappa shape index (κ1) is 17.6. The van der Waals surface area contributed by atoms with Crippen molar-refractivity contribution in [3.05, 3.63) is 65.0 Å². The minimum atomic E-state index is -0.585. The molecule has 1 fully saturated rings. The lowest BCUT2D eigenvalue weighted by molar-refractivity contribution is 0.0781. The number of likely N-dealkylation sites (tertiary alicyclic amines) is 1. The number of nitrogens with zero attached hydrogens (tertiary/aromatic N) is 4. The molecule has 1 aliphatic heterocycles. The smallest absolute Gasteiger partial charge is 0.256 e. The fraction of sp³-hybridized carbons (Fsp3) is 0.263. The van der Waals surface area contributed by atoms with Crippen molar-refractivity contribution in [2.24, 2.45) is 5.92 Å². The van der Waals surface area contributed by atoms with Gasteiger partial charge in [0.2, 0.25) is 11.7 Å². The SMILES string of the molecule is C[C@H]1CN(C(=O)c2cc(Cl)ccc2F)C[C@@H]1c1nc(-c2ccncc2)no1. The normalized spacial score (nSPS) is 19.4. The van der Waals surface area contributed by atoms with Crippen LogP contribution in [0.25, 0.3) is 11.4 Å². The van der Waals surface area contributed by atoms with Crippen molar-refractivity contribution in [1.29, 1.82) is 0 Å². The summed E-state index contributed by atoms with van der Waals surface area (Å²) in [5.41, 5.74) is 0.776. The topological polar surface area (TPSA) is 72.1 Å². The van der Waals surface area contributed by atoms with Crippen LogP contribution in [0, 0.1) is 11.7 Å². The Kier molecular flexibility index (Phi) is 4.61. The van der Waals surface area contributed by atoms with Crippen molar-refractivity contribution in [3.8, 4) is 11.4 Å². The van der Waals surface area contributed by atoms with Gasteiger partial charge in [0.15, 0.2) is 0 Å². The van der Waals surface area contributed by atoms with E-state index in [2.05, 4.69) is 15.1 Å². The van der Waals surface area contributed by atoms with Crippen LogP contribution in [-0.2, 0) is 0 Å². The molecule has 3 heterocycles. The van der Waals surface area contributed by atoms with E-state index in [1.807, 2.05) is 6.92 Å². The average Bonchev–Trinajstić information content (AvgIpc) is 3.30. The average molecular weight is 387 g/mol. The predicted octanol–water partition coefficient (Wildman–Crippen LogP) is 3.80. The zero-order chi connectivity index (χ0) is 19.0. The van der Waals surface area contributed by atoms with Crippen molar-refractivity contribution in [3.63, 3.8) is 0 Å². The van der Waals surface area contributed by atoms with Gasteiger partial charge in [0.1, 0.15) is 5.82 Å². The number of carbonyl (C=O) groups is 1. The fourth-order valence-corrected chi connectivity index (χ4v) is 3.46. The van der Waals surface area contributed by atoms with Gasteiger partial charge in [-0.05, 0) is 36.2 Å². The van der Waals surface area contributed by atoms with Crippen molar-refractivity contribution >= 4 is 17.5 Å². The lowest BCUT2D eigenvalue weighted by atomic mass is 9.98. The minimum absolute atomic E-state index is 0.0293. The Balaban J connectivity index is 1.54. The van der Waals surface area contributed by atoms with Crippen LogP contribution < -0.4 is 0 Å². The Morgan fingerprint density at radius 3 is 2.81 bits per heavy atom. The molecular formula is C19H16ClFN4O2. The molecule has 2 atom stereocenters. The second-order valence-electron chi connectivity index (χ2n) is 6.61. The van der Waals surface area contributed by atoms with Crippen LogP contribution in [0.15, 0.2) is 47.2 Å². The third kappa shape index (κ3) is 3.42. The Labute approximate surface area is 160 Å². The van der Waals surface area contributed by atoms with E-state index >= 15 is 0 Å². The van der Waals surface area contributed by atoms with Crippen LogP contribution in [0.2, 0.25) is 5.02 Å². The van der Waals surface area contributed by atoms with Crippen molar-refractivity contribution < 1.29 is 13.7 Å². The minimum Gasteiger partial charge on any atom is -0.339 e.